The summed E-state index contributed by atoms with van der Waals surface area (Å²) in [4.78, 5) is 31.7. The number of hydrogen-bond acceptors (Lipinski definition) is 8. The number of aliphatic hydroxyl groups is 1. The molecule has 37 heavy (non-hydrogen) atoms. The van der Waals surface area contributed by atoms with Crippen molar-refractivity contribution < 1.29 is 14.7 Å². The molecule has 1 amide bonds. The number of carbonyl (C=O) groups excluding carboxylic acids is 2. The van der Waals surface area contributed by atoms with Gasteiger partial charge in [-0.05, 0) is 41.5 Å². The predicted octanol–water partition coefficient (Wildman–Crippen LogP) is 6.81. The maximum absolute atomic E-state index is 13.3. The Labute approximate surface area is 234 Å². The van der Waals surface area contributed by atoms with E-state index in [0.29, 0.717) is 31.3 Å². The monoisotopic (exact) mass is 588 g/mol. The molecule has 0 radical (unpaired) electrons. The molecular formula is C25H15Cl3N4O3S2. The lowest BCUT2D eigenvalue weighted by atomic mass is 9.96. The number of hydrogen-bond donors (Lipinski definition) is 1. The van der Waals surface area contributed by atoms with Gasteiger partial charge in [-0.25, -0.2) is 0 Å². The van der Waals surface area contributed by atoms with Crippen molar-refractivity contribution in [3.05, 3.63) is 104 Å². The van der Waals surface area contributed by atoms with Gasteiger partial charge in [0.2, 0.25) is 5.13 Å². The molecule has 2 aromatic heterocycles. The second-order valence-electron chi connectivity index (χ2n) is 7.81. The van der Waals surface area contributed by atoms with E-state index in [2.05, 4.69) is 15.2 Å². The molecule has 4 aromatic rings. The molecule has 1 N–H and O–H groups in total. The van der Waals surface area contributed by atoms with E-state index in [1.165, 1.54) is 29.1 Å². The van der Waals surface area contributed by atoms with E-state index >= 15 is 0 Å². The maximum Gasteiger partial charge on any atom is 0.301 e. The summed E-state index contributed by atoms with van der Waals surface area (Å²) in [6.45, 7) is 0. The first-order valence-corrected chi connectivity index (χ1v) is 13.6. The number of aliphatic hydroxyl groups excluding tert-OH is 1. The summed E-state index contributed by atoms with van der Waals surface area (Å²) in [6, 6.07) is 14.3. The number of halogens is 3. The van der Waals surface area contributed by atoms with Crippen LogP contribution in [0.5, 0.6) is 0 Å². The number of carbonyl (C=O) groups is 2. The van der Waals surface area contributed by atoms with E-state index in [9.17, 15) is 14.7 Å². The number of ketones is 1. The summed E-state index contributed by atoms with van der Waals surface area (Å²) in [5.74, 6) is -1.49. The van der Waals surface area contributed by atoms with Crippen molar-refractivity contribution in [2.24, 2.45) is 0 Å². The first-order valence-electron chi connectivity index (χ1n) is 10.7. The Hall–Kier alpha value is -2.95. The van der Waals surface area contributed by atoms with Gasteiger partial charge in [-0.1, -0.05) is 82.2 Å². The van der Waals surface area contributed by atoms with Crippen LogP contribution >= 0.6 is 57.9 Å². The van der Waals surface area contributed by atoms with Crippen LogP contribution in [0.2, 0.25) is 15.1 Å². The Morgan fingerprint density at radius 3 is 2.46 bits per heavy atom. The van der Waals surface area contributed by atoms with Crippen molar-refractivity contribution in [2.75, 3.05) is 4.90 Å². The van der Waals surface area contributed by atoms with Crippen molar-refractivity contribution in [1.82, 2.24) is 15.2 Å². The fourth-order valence-corrected chi connectivity index (χ4v) is 6.27. The van der Waals surface area contributed by atoms with Gasteiger partial charge in [0.05, 0.1) is 21.7 Å². The Morgan fingerprint density at radius 1 is 0.973 bits per heavy atom. The average molecular weight is 590 g/mol. The Morgan fingerprint density at radius 2 is 1.73 bits per heavy atom. The highest BCUT2D eigenvalue weighted by atomic mass is 35.5. The first-order chi connectivity index (χ1) is 17.8. The summed E-state index contributed by atoms with van der Waals surface area (Å²) >= 11 is 21.2. The number of nitrogens with zero attached hydrogens (tertiary/aromatic N) is 4. The van der Waals surface area contributed by atoms with Gasteiger partial charge in [0.25, 0.3) is 5.78 Å². The van der Waals surface area contributed by atoms with Gasteiger partial charge in [-0.15, -0.1) is 10.2 Å². The van der Waals surface area contributed by atoms with Crippen molar-refractivity contribution in [1.29, 1.82) is 0 Å². The van der Waals surface area contributed by atoms with Gasteiger partial charge in [-0.2, -0.15) is 0 Å². The van der Waals surface area contributed by atoms with E-state index in [1.54, 1.807) is 30.3 Å². The van der Waals surface area contributed by atoms with Gasteiger partial charge in [0.15, 0.2) is 4.34 Å². The van der Waals surface area contributed by atoms with Gasteiger partial charge in [-0.3, -0.25) is 19.5 Å². The van der Waals surface area contributed by atoms with Crippen LogP contribution in [0.4, 0.5) is 5.13 Å². The third kappa shape index (κ3) is 5.10. The lowest BCUT2D eigenvalue weighted by molar-refractivity contribution is -0.132. The molecule has 1 saturated heterocycles. The van der Waals surface area contributed by atoms with Gasteiger partial charge < -0.3 is 5.11 Å². The zero-order valence-corrected chi connectivity index (χ0v) is 22.5. The quantitative estimate of drug-likeness (QED) is 0.0867. The summed E-state index contributed by atoms with van der Waals surface area (Å²) in [5, 5.41) is 20.9. The number of amides is 1. The van der Waals surface area contributed by atoms with Crippen LogP contribution in [0, 0.1) is 0 Å². The van der Waals surface area contributed by atoms with Crippen LogP contribution in [0.15, 0.2) is 76.9 Å². The highest BCUT2D eigenvalue weighted by Gasteiger charge is 2.48. The fourth-order valence-electron chi connectivity index (χ4n) is 3.81. The Balaban J connectivity index is 1.56. The number of thioether (sulfide) groups is 1. The standard InChI is InChI=1S/C25H15Cl3N4O3S2/c26-16-4-2-1-3-15(16)12-36-25-31-30-24(37-25)32-20(14-5-6-17(27)18(28)11-14)19(22(34)23(32)35)21(33)13-7-9-29-10-8-13/h1-11,20,33H,12H2. The molecule has 0 bridgehead atoms. The average Bonchev–Trinajstić information content (AvgIpc) is 3.47. The van der Waals surface area contributed by atoms with Crippen LogP contribution in [0.25, 0.3) is 5.76 Å². The van der Waals surface area contributed by atoms with Gasteiger partial charge in [0, 0.05) is 28.7 Å². The minimum Gasteiger partial charge on any atom is -0.507 e. The van der Waals surface area contributed by atoms with E-state index in [-0.39, 0.29) is 21.5 Å². The number of aromatic nitrogens is 3. The Bertz CT molecular complexity index is 1550. The zero-order valence-electron chi connectivity index (χ0n) is 18.6. The fraction of sp³-hybridized carbons (Fsp3) is 0.0800. The molecule has 0 saturated carbocycles. The van der Waals surface area contributed by atoms with E-state index < -0.39 is 17.7 Å². The van der Waals surface area contributed by atoms with Crippen LogP contribution in [0.3, 0.4) is 0 Å². The minimum absolute atomic E-state index is 0.102. The van der Waals surface area contributed by atoms with E-state index in [1.807, 2.05) is 24.3 Å². The largest absolute Gasteiger partial charge is 0.507 e. The van der Waals surface area contributed by atoms with Gasteiger partial charge in [0.1, 0.15) is 5.76 Å². The number of benzene rings is 2. The molecule has 0 spiro atoms. The molecule has 7 nitrogen and oxygen atoms in total. The van der Waals surface area contributed by atoms with E-state index in [0.717, 1.165) is 16.9 Å². The molecule has 12 heteroatoms. The second-order valence-corrected chi connectivity index (χ2v) is 11.2. The molecule has 0 aliphatic carbocycles. The molecule has 3 heterocycles. The smallest absolute Gasteiger partial charge is 0.301 e. The third-order valence-corrected chi connectivity index (χ3v) is 8.78. The second kappa shape index (κ2) is 10.8. The van der Waals surface area contributed by atoms with Crippen LogP contribution in [-0.4, -0.2) is 32.0 Å². The minimum atomic E-state index is -1.00. The van der Waals surface area contributed by atoms with Crippen molar-refractivity contribution >= 4 is 80.5 Å². The molecule has 1 aliphatic heterocycles. The van der Waals surface area contributed by atoms with Crippen molar-refractivity contribution in [2.45, 2.75) is 16.1 Å². The van der Waals surface area contributed by atoms with Crippen LogP contribution < -0.4 is 4.90 Å². The van der Waals surface area contributed by atoms with Gasteiger partial charge >= 0.3 is 5.91 Å². The SMILES string of the molecule is O=C1C(=O)N(c2nnc(SCc3ccccc3Cl)s2)C(c2ccc(Cl)c(Cl)c2)C1=C(O)c1ccncc1. The molecular weight excluding hydrogens is 575 g/mol. The molecule has 186 valence electrons. The van der Waals surface area contributed by atoms with Crippen molar-refractivity contribution in [3.63, 3.8) is 0 Å². The normalized spacial score (nSPS) is 16.9. The third-order valence-electron chi connectivity index (χ3n) is 5.57. The molecule has 1 aliphatic rings. The number of pyridine rings is 1. The van der Waals surface area contributed by atoms with E-state index in [4.69, 9.17) is 34.8 Å². The van der Waals surface area contributed by atoms with Crippen molar-refractivity contribution in [3.8, 4) is 0 Å². The molecule has 1 unspecified atom stereocenters. The summed E-state index contributed by atoms with van der Waals surface area (Å²) in [5.41, 5.74) is 1.64. The summed E-state index contributed by atoms with van der Waals surface area (Å²) in [7, 11) is 0. The molecule has 1 atom stereocenters. The van der Waals surface area contributed by atoms with Crippen LogP contribution in [-0.2, 0) is 15.3 Å². The topological polar surface area (TPSA) is 96.3 Å². The summed E-state index contributed by atoms with van der Waals surface area (Å²) in [6.07, 6.45) is 2.96. The molecule has 1 fully saturated rings. The molecule has 5 rings (SSSR count). The maximum atomic E-state index is 13.3. The molecule has 2 aromatic carbocycles. The number of Topliss-reactive ketones (excluding diaryl/α,β-unsaturated/α-hetero) is 1. The summed E-state index contributed by atoms with van der Waals surface area (Å²) < 4.78 is 0.582. The predicted molar refractivity (Wildman–Crippen MR) is 146 cm³/mol. The lowest BCUT2D eigenvalue weighted by Crippen LogP contribution is -2.29. The number of anilines is 1. The lowest BCUT2D eigenvalue weighted by Gasteiger charge is -2.22. The highest BCUT2D eigenvalue weighted by molar-refractivity contribution is 8.00. The Kier molecular flexibility index (Phi) is 7.50. The zero-order chi connectivity index (χ0) is 26.1. The highest BCUT2D eigenvalue weighted by Crippen LogP contribution is 2.45. The van der Waals surface area contributed by atoms with Crippen LogP contribution in [0.1, 0.15) is 22.7 Å². The first kappa shape index (κ1) is 25.7. The number of rotatable bonds is 6.